The highest BCUT2D eigenvalue weighted by Gasteiger charge is 2.26. The molecule has 0 spiro atoms. The Bertz CT molecular complexity index is 521. The lowest BCUT2D eigenvalue weighted by atomic mass is 10.1. The Morgan fingerprint density at radius 3 is 2.52 bits per heavy atom. The van der Waals surface area contributed by atoms with Gasteiger partial charge in [0.1, 0.15) is 6.04 Å². The molecule has 1 atom stereocenters. The van der Waals surface area contributed by atoms with Crippen LogP contribution in [0.3, 0.4) is 0 Å². The first-order valence-corrected chi connectivity index (χ1v) is 7.62. The lowest BCUT2D eigenvalue weighted by Gasteiger charge is -2.23. The fourth-order valence-corrected chi connectivity index (χ4v) is 2.94. The molecule has 112 valence electrons. The molecule has 0 saturated carbocycles. The molecule has 2 saturated heterocycles. The smallest absolute Gasteiger partial charge is 0.249 e. The van der Waals surface area contributed by atoms with E-state index in [0.717, 1.165) is 12.2 Å². The van der Waals surface area contributed by atoms with Crippen molar-refractivity contribution in [3.63, 3.8) is 0 Å². The third-order valence-corrected chi connectivity index (χ3v) is 4.14. The Balaban J connectivity index is 1.56. The highest BCUT2D eigenvalue weighted by molar-refractivity contribution is 6.01. The Labute approximate surface area is 124 Å². The van der Waals surface area contributed by atoms with Gasteiger partial charge in [-0.2, -0.15) is 0 Å². The normalized spacial score (nSPS) is 23.1. The summed E-state index contributed by atoms with van der Waals surface area (Å²) in [4.78, 5) is 25.3. The standard InChI is InChI=1S/C16H21N3O2/c20-15-8-7-14(16(21)18-15)17-13-5-3-12(4-6-13)11-19-9-1-2-10-19/h3-6,14,17H,1-2,7-11H2,(H,18,20,21). The molecule has 0 aliphatic carbocycles. The summed E-state index contributed by atoms with van der Waals surface area (Å²) in [5.41, 5.74) is 2.22. The van der Waals surface area contributed by atoms with Crippen LogP contribution in [0.1, 0.15) is 31.2 Å². The number of carbonyl (C=O) groups is 2. The van der Waals surface area contributed by atoms with E-state index in [1.165, 1.54) is 31.5 Å². The van der Waals surface area contributed by atoms with Crippen LogP contribution >= 0.6 is 0 Å². The number of nitrogens with zero attached hydrogens (tertiary/aromatic N) is 1. The van der Waals surface area contributed by atoms with Crippen LogP contribution in [0.4, 0.5) is 5.69 Å². The van der Waals surface area contributed by atoms with Gasteiger partial charge in [0.25, 0.3) is 0 Å². The van der Waals surface area contributed by atoms with Gasteiger partial charge in [-0.1, -0.05) is 12.1 Å². The van der Waals surface area contributed by atoms with Gasteiger partial charge in [-0.15, -0.1) is 0 Å². The van der Waals surface area contributed by atoms with Gasteiger partial charge in [-0.3, -0.25) is 19.8 Å². The number of hydrogen-bond acceptors (Lipinski definition) is 4. The maximum Gasteiger partial charge on any atom is 0.249 e. The van der Waals surface area contributed by atoms with E-state index in [0.29, 0.717) is 12.8 Å². The second-order valence-electron chi connectivity index (χ2n) is 5.83. The molecule has 2 aliphatic heterocycles. The molecule has 2 heterocycles. The molecule has 5 heteroatoms. The molecule has 2 N–H and O–H groups in total. The maximum absolute atomic E-state index is 11.7. The summed E-state index contributed by atoms with van der Waals surface area (Å²) < 4.78 is 0. The topological polar surface area (TPSA) is 61.4 Å². The van der Waals surface area contributed by atoms with Crippen LogP contribution in [0.15, 0.2) is 24.3 Å². The van der Waals surface area contributed by atoms with Crippen molar-refractivity contribution >= 4 is 17.5 Å². The molecule has 0 bridgehead atoms. The number of nitrogens with one attached hydrogen (secondary N) is 2. The first-order valence-electron chi connectivity index (χ1n) is 7.62. The minimum atomic E-state index is -0.313. The molecule has 0 aromatic heterocycles. The van der Waals surface area contributed by atoms with Crippen molar-refractivity contribution < 1.29 is 9.59 Å². The third kappa shape index (κ3) is 3.61. The largest absolute Gasteiger partial charge is 0.374 e. The van der Waals surface area contributed by atoms with Crippen LogP contribution in [-0.4, -0.2) is 35.8 Å². The zero-order valence-corrected chi connectivity index (χ0v) is 12.1. The van der Waals surface area contributed by atoms with Crippen LogP contribution in [0.5, 0.6) is 0 Å². The zero-order chi connectivity index (χ0) is 14.7. The van der Waals surface area contributed by atoms with Crippen LogP contribution in [-0.2, 0) is 16.1 Å². The summed E-state index contributed by atoms with van der Waals surface area (Å²) in [6.07, 6.45) is 3.56. The molecule has 2 aliphatic rings. The van der Waals surface area contributed by atoms with E-state index in [1.54, 1.807) is 0 Å². The second kappa shape index (κ2) is 6.26. The maximum atomic E-state index is 11.7. The number of benzene rings is 1. The van der Waals surface area contributed by atoms with Crippen molar-refractivity contribution in [3.8, 4) is 0 Å². The van der Waals surface area contributed by atoms with Crippen LogP contribution in [0, 0.1) is 0 Å². The summed E-state index contributed by atoms with van der Waals surface area (Å²) in [6.45, 7) is 3.38. The molecule has 1 unspecified atom stereocenters. The number of imide groups is 1. The van der Waals surface area contributed by atoms with E-state index in [4.69, 9.17) is 0 Å². The van der Waals surface area contributed by atoms with Gasteiger partial charge in [0, 0.05) is 18.7 Å². The number of anilines is 1. The van der Waals surface area contributed by atoms with Crippen molar-refractivity contribution in [3.05, 3.63) is 29.8 Å². The number of amides is 2. The lowest BCUT2D eigenvalue weighted by Crippen LogP contribution is -2.47. The summed E-state index contributed by atoms with van der Waals surface area (Å²) >= 11 is 0. The van der Waals surface area contributed by atoms with Gasteiger partial charge in [0.05, 0.1) is 0 Å². The Morgan fingerprint density at radius 1 is 1.14 bits per heavy atom. The molecular formula is C16H21N3O2. The quantitative estimate of drug-likeness (QED) is 0.824. The Kier molecular flexibility index (Phi) is 4.20. The minimum Gasteiger partial charge on any atom is -0.374 e. The second-order valence-corrected chi connectivity index (χ2v) is 5.83. The molecule has 1 aromatic rings. The van der Waals surface area contributed by atoms with Crippen molar-refractivity contribution in [2.45, 2.75) is 38.3 Å². The van der Waals surface area contributed by atoms with Gasteiger partial charge in [-0.05, 0) is 50.0 Å². The molecule has 0 radical (unpaired) electrons. The fourth-order valence-electron chi connectivity index (χ4n) is 2.94. The summed E-state index contributed by atoms with van der Waals surface area (Å²) in [7, 11) is 0. The van der Waals surface area contributed by atoms with E-state index < -0.39 is 0 Å². The van der Waals surface area contributed by atoms with Crippen molar-refractivity contribution in [2.75, 3.05) is 18.4 Å². The SMILES string of the molecule is O=C1CCC(Nc2ccc(CN3CCCC3)cc2)C(=O)N1. The number of carbonyl (C=O) groups excluding carboxylic acids is 2. The Hall–Kier alpha value is -1.88. The van der Waals surface area contributed by atoms with Gasteiger partial charge < -0.3 is 5.32 Å². The molecule has 2 fully saturated rings. The first-order chi connectivity index (χ1) is 10.2. The average molecular weight is 287 g/mol. The molecular weight excluding hydrogens is 266 g/mol. The van der Waals surface area contributed by atoms with E-state index in [-0.39, 0.29) is 17.9 Å². The number of piperidine rings is 1. The minimum absolute atomic E-state index is 0.181. The molecule has 1 aromatic carbocycles. The average Bonchev–Trinajstić information content (AvgIpc) is 2.97. The predicted molar refractivity (Wildman–Crippen MR) is 80.7 cm³/mol. The van der Waals surface area contributed by atoms with Crippen LogP contribution < -0.4 is 10.6 Å². The predicted octanol–water partition coefficient (Wildman–Crippen LogP) is 1.50. The molecule has 2 amide bonds. The summed E-state index contributed by atoms with van der Waals surface area (Å²) in [6, 6.07) is 7.91. The van der Waals surface area contributed by atoms with Gasteiger partial charge >= 0.3 is 0 Å². The van der Waals surface area contributed by atoms with E-state index in [9.17, 15) is 9.59 Å². The van der Waals surface area contributed by atoms with Gasteiger partial charge in [0.2, 0.25) is 11.8 Å². The van der Waals surface area contributed by atoms with E-state index in [1.807, 2.05) is 12.1 Å². The number of likely N-dealkylation sites (tertiary alicyclic amines) is 1. The Morgan fingerprint density at radius 2 is 1.86 bits per heavy atom. The third-order valence-electron chi connectivity index (χ3n) is 4.14. The molecule has 3 rings (SSSR count). The zero-order valence-electron chi connectivity index (χ0n) is 12.1. The van der Waals surface area contributed by atoms with Crippen molar-refractivity contribution in [1.82, 2.24) is 10.2 Å². The summed E-state index contributed by atoms with van der Waals surface area (Å²) in [5, 5.41) is 5.56. The van der Waals surface area contributed by atoms with Crippen molar-refractivity contribution in [1.29, 1.82) is 0 Å². The van der Waals surface area contributed by atoms with Gasteiger partial charge in [-0.25, -0.2) is 0 Å². The highest BCUT2D eigenvalue weighted by Crippen LogP contribution is 2.17. The molecule has 5 nitrogen and oxygen atoms in total. The molecule has 21 heavy (non-hydrogen) atoms. The van der Waals surface area contributed by atoms with E-state index >= 15 is 0 Å². The number of rotatable bonds is 4. The number of hydrogen-bond donors (Lipinski definition) is 2. The monoisotopic (exact) mass is 287 g/mol. The van der Waals surface area contributed by atoms with Crippen LogP contribution in [0.2, 0.25) is 0 Å². The van der Waals surface area contributed by atoms with Crippen molar-refractivity contribution in [2.24, 2.45) is 0 Å². The summed E-state index contributed by atoms with van der Waals surface area (Å²) in [5.74, 6) is -0.411. The van der Waals surface area contributed by atoms with Gasteiger partial charge in [0.15, 0.2) is 0 Å². The fraction of sp³-hybridized carbons (Fsp3) is 0.500. The van der Waals surface area contributed by atoms with E-state index in [2.05, 4.69) is 27.7 Å². The first kappa shape index (κ1) is 14.1. The highest BCUT2D eigenvalue weighted by atomic mass is 16.2. The van der Waals surface area contributed by atoms with Crippen LogP contribution in [0.25, 0.3) is 0 Å². The lowest BCUT2D eigenvalue weighted by molar-refractivity contribution is -0.133.